The summed E-state index contributed by atoms with van der Waals surface area (Å²) in [4.78, 5) is 22.0. The Labute approximate surface area is 180 Å². The van der Waals surface area contributed by atoms with Crippen molar-refractivity contribution in [2.45, 2.75) is 38.1 Å². The smallest absolute Gasteiger partial charge is 0.258 e. The molecule has 31 heavy (non-hydrogen) atoms. The van der Waals surface area contributed by atoms with E-state index >= 15 is 0 Å². The number of carbonyl (C=O) groups excluding carboxylic acids is 1. The first-order valence-electron chi connectivity index (χ1n) is 10.3. The van der Waals surface area contributed by atoms with Crippen LogP contribution in [0.25, 0.3) is 0 Å². The van der Waals surface area contributed by atoms with Crippen LogP contribution in [0.3, 0.4) is 0 Å². The molecule has 2 aromatic carbocycles. The number of nitrogens with one attached hydrogen (secondary N) is 2. The number of carbonyl (C=O) groups is 1. The Bertz CT molecular complexity index is 1040. The zero-order valence-electron chi connectivity index (χ0n) is 17.3. The Balaban J connectivity index is 1.51. The molecule has 0 spiro atoms. The van der Waals surface area contributed by atoms with Gasteiger partial charge in [-0.3, -0.25) is 15.5 Å². The van der Waals surface area contributed by atoms with E-state index in [4.69, 9.17) is 4.74 Å². The summed E-state index contributed by atoms with van der Waals surface area (Å²) in [5.41, 5.74) is 4.92. The Morgan fingerprint density at radius 2 is 1.97 bits per heavy atom. The second kappa shape index (κ2) is 9.51. The molecule has 2 aliphatic rings. The topological polar surface area (TPSA) is 87.4 Å². The molecule has 160 valence electrons. The van der Waals surface area contributed by atoms with Gasteiger partial charge in [0, 0.05) is 5.56 Å². The first kappa shape index (κ1) is 20.7. The SMILES string of the molecule is COc1cccc(C(=O)NC(N=C2CC(c3ccc(F)cc3)=NN2)=NC2CCCC2)c1. The number of guanidine groups is 1. The third-order valence-electron chi connectivity index (χ3n) is 5.26. The van der Waals surface area contributed by atoms with Crippen LogP contribution in [0.5, 0.6) is 5.75 Å². The molecule has 0 radical (unpaired) electrons. The standard InChI is InChI=1S/C23H24FN5O2/c1-31-19-8-4-5-16(13-19)22(30)27-23(25-18-6-2-3-7-18)26-21-14-20(28-29-21)15-9-11-17(24)12-10-15/h4-5,8-13,18H,2-3,6-7,14H2,1H3,(H2,25,26,27,29,30). The molecule has 1 saturated carbocycles. The lowest BCUT2D eigenvalue weighted by molar-refractivity contribution is 0.0976. The normalized spacial score (nSPS) is 18.1. The maximum Gasteiger partial charge on any atom is 0.258 e. The second-order valence-electron chi connectivity index (χ2n) is 7.49. The van der Waals surface area contributed by atoms with Gasteiger partial charge in [0.15, 0.2) is 0 Å². The molecule has 0 bridgehead atoms. The van der Waals surface area contributed by atoms with Crippen molar-refractivity contribution in [2.24, 2.45) is 15.1 Å². The van der Waals surface area contributed by atoms with Crippen molar-refractivity contribution in [1.29, 1.82) is 0 Å². The van der Waals surface area contributed by atoms with E-state index in [0.29, 0.717) is 23.6 Å². The quantitative estimate of drug-likeness (QED) is 0.583. The predicted molar refractivity (Wildman–Crippen MR) is 118 cm³/mol. The molecule has 1 amide bonds. The Morgan fingerprint density at radius 3 is 2.71 bits per heavy atom. The van der Waals surface area contributed by atoms with Crippen molar-refractivity contribution in [1.82, 2.24) is 10.7 Å². The number of nitrogens with zero attached hydrogens (tertiary/aromatic N) is 3. The maximum atomic E-state index is 13.2. The zero-order chi connectivity index (χ0) is 21.6. The summed E-state index contributed by atoms with van der Waals surface area (Å²) >= 11 is 0. The molecule has 7 nitrogen and oxygen atoms in total. The molecule has 0 saturated heterocycles. The largest absolute Gasteiger partial charge is 0.497 e. The van der Waals surface area contributed by atoms with Crippen LogP contribution >= 0.6 is 0 Å². The number of aliphatic imine (C=N–C) groups is 2. The van der Waals surface area contributed by atoms with Gasteiger partial charge < -0.3 is 4.74 Å². The average molecular weight is 421 g/mol. The van der Waals surface area contributed by atoms with Crippen LogP contribution in [0.15, 0.2) is 63.6 Å². The highest BCUT2D eigenvalue weighted by Gasteiger charge is 2.20. The van der Waals surface area contributed by atoms with Crippen LogP contribution in [0.2, 0.25) is 0 Å². The summed E-state index contributed by atoms with van der Waals surface area (Å²) in [5.74, 6) is 0.830. The number of hydrogen-bond acceptors (Lipinski definition) is 4. The summed E-state index contributed by atoms with van der Waals surface area (Å²) in [6, 6.07) is 13.2. The van der Waals surface area contributed by atoms with Crippen molar-refractivity contribution in [2.75, 3.05) is 7.11 Å². The van der Waals surface area contributed by atoms with E-state index in [-0.39, 0.29) is 23.7 Å². The van der Waals surface area contributed by atoms with Gasteiger partial charge in [-0.1, -0.05) is 31.0 Å². The predicted octanol–water partition coefficient (Wildman–Crippen LogP) is 3.66. The molecule has 0 atom stereocenters. The van der Waals surface area contributed by atoms with Crippen molar-refractivity contribution in [3.8, 4) is 5.75 Å². The van der Waals surface area contributed by atoms with Gasteiger partial charge in [-0.15, -0.1) is 0 Å². The van der Waals surface area contributed by atoms with E-state index in [1.54, 1.807) is 43.5 Å². The number of amides is 1. The fraction of sp³-hybridized carbons (Fsp3) is 0.304. The highest BCUT2D eigenvalue weighted by Crippen LogP contribution is 2.21. The van der Waals surface area contributed by atoms with Crippen LogP contribution in [-0.2, 0) is 0 Å². The number of ether oxygens (including phenoxy) is 1. The van der Waals surface area contributed by atoms with Crippen LogP contribution < -0.4 is 15.5 Å². The minimum atomic E-state index is -0.308. The number of rotatable bonds is 4. The lowest BCUT2D eigenvalue weighted by atomic mass is 10.1. The Morgan fingerprint density at radius 1 is 1.19 bits per heavy atom. The molecule has 1 fully saturated rings. The van der Waals surface area contributed by atoms with Gasteiger partial charge in [0.1, 0.15) is 17.4 Å². The fourth-order valence-corrected chi connectivity index (χ4v) is 3.60. The van der Waals surface area contributed by atoms with E-state index in [1.165, 1.54) is 12.1 Å². The summed E-state index contributed by atoms with van der Waals surface area (Å²) in [6.45, 7) is 0. The second-order valence-corrected chi connectivity index (χ2v) is 7.49. The molecule has 1 heterocycles. The first-order valence-corrected chi connectivity index (χ1v) is 10.3. The van der Waals surface area contributed by atoms with E-state index in [9.17, 15) is 9.18 Å². The number of halogens is 1. The van der Waals surface area contributed by atoms with Gasteiger partial charge >= 0.3 is 0 Å². The molecule has 0 unspecified atom stereocenters. The van der Waals surface area contributed by atoms with E-state index in [2.05, 4.69) is 25.8 Å². The fourth-order valence-electron chi connectivity index (χ4n) is 3.60. The van der Waals surface area contributed by atoms with Gasteiger partial charge in [-0.25, -0.2) is 9.38 Å². The summed E-state index contributed by atoms with van der Waals surface area (Å²) in [5, 5.41) is 7.12. The molecule has 2 aromatic rings. The lowest BCUT2D eigenvalue weighted by Gasteiger charge is -2.10. The molecular formula is C23H24FN5O2. The molecule has 8 heteroatoms. The van der Waals surface area contributed by atoms with Crippen molar-refractivity contribution in [3.63, 3.8) is 0 Å². The van der Waals surface area contributed by atoms with Crippen LogP contribution in [-0.4, -0.2) is 36.6 Å². The number of hydrogen-bond donors (Lipinski definition) is 2. The van der Waals surface area contributed by atoms with Gasteiger partial charge in [-0.2, -0.15) is 10.1 Å². The van der Waals surface area contributed by atoms with Gasteiger partial charge in [0.25, 0.3) is 5.91 Å². The highest BCUT2D eigenvalue weighted by atomic mass is 19.1. The van der Waals surface area contributed by atoms with Gasteiger partial charge in [0.2, 0.25) is 5.96 Å². The molecule has 1 aliphatic heterocycles. The average Bonchev–Trinajstić information content (AvgIpc) is 3.46. The van der Waals surface area contributed by atoms with E-state index in [0.717, 1.165) is 37.0 Å². The van der Waals surface area contributed by atoms with Crippen LogP contribution in [0.4, 0.5) is 4.39 Å². The van der Waals surface area contributed by atoms with E-state index < -0.39 is 0 Å². The molecule has 0 aromatic heterocycles. The molecular weight excluding hydrogens is 397 g/mol. The lowest BCUT2D eigenvalue weighted by Crippen LogP contribution is -2.32. The summed E-state index contributed by atoms with van der Waals surface area (Å²) in [7, 11) is 1.56. The molecule has 1 aliphatic carbocycles. The first-order chi connectivity index (χ1) is 15.1. The Hall–Kier alpha value is -3.55. The minimum absolute atomic E-state index is 0.142. The van der Waals surface area contributed by atoms with Gasteiger partial charge in [0.05, 0.1) is 25.3 Å². The number of amidine groups is 1. The summed E-state index contributed by atoms with van der Waals surface area (Å²) in [6.07, 6.45) is 4.64. The molecule has 2 N–H and O–H groups in total. The van der Waals surface area contributed by atoms with E-state index in [1.807, 2.05) is 0 Å². The molecule has 4 rings (SSSR count). The van der Waals surface area contributed by atoms with Gasteiger partial charge in [-0.05, 0) is 48.7 Å². The minimum Gasteiger partial charge on any atom is -0.497 e. The van der Waals surface area contributed by atoms with Crippen LogP contribution in [0.1, 0.15) is 48.0 Å². The highest BCUT2D eigenvalue weighted by molar-refractivity contribution is 6.18. The van der Waals surface area contributed by atoms with Crippen molar-refractivity contribution in [3.05, 3.63) is 65.5 Å². The third kappa shape index (κ3) is 5.33. The third-order valence-corrected chi connectivity index (χ3v) is 5.26. The Kier molecular flexibility index (Phi) is 6.35. The maximum absolute atomic E-state index is 13.2. The van der Waals surface area contributed by atoms with Crippen molar-refractivity contribution >= 4 is 23.4 Å². The number of benzene rings is 2. The number of hydrazone groups is 1. The monoisotopic (exact) mass is 421 g/mol. The van der Waals surface area contributed by atoms with Crippen LogP contribution in [0, 0.1) is 5.82 Å². The summed E-state index contributed by atoms with van der Waals surface area (Å²) < 4.78 is 18.4. The zero-order valence-corrected chi connectivity index (χ0v) is 17.3. The van der Waals surface area contributed by atoms with Crippen molar-refractivity contribution < 1.29 is 13.9 Å². The number of methoxy groups -OCH3 is 1.